The first kappa shape index (κ1) is 25.1. The van der Waals surface area contributed by atoms with Crippen LogP contribution in [0.4, 0.5) is 8.78 Å². The number of likely N-dealkylation sites (tertiary alicyclic amines) is 1. The van der Waals surface area contributed by atoms with Crippen molar-refractivity contribution < 1.29 is 33.0 Å². The van der Waals surface area contributed by atoms with Gasteiger partial charge in [0, 0.05) is 47.7 Å². The first-order valence-electron chi connectivity index (χ1n) is 12.4. The highest BCUT2D eigenvalue weighted by atomic mass is 32.1. The second kappa shape index (κ2) is 9.51. The molecule has 5 atom stereocenters. The highest BCUT2D eigenvalue weighted by Gasteiger charge is 2.67. The summed E-state index contributed by atoms with van der Waals surface area (Å²) in [5.41, 5.74) is 0.957. The molecule has 2 saturated heterocycles. The van der Waals surface area contributed by atoms with Crippen LogP contribution in [0.3, 0.4) is 0 Å². The Morgan fingerprint density at radius 1 is 1.32 bits per heavy atom. The van der Waals surface area contributed by atoms with Crippen molar-refractivity contribution in [1.29, 1.82) is 0 Å². The van der Waals surface area contributed by atoms with E-state index < -0.39 is 29.6 Å². The number of carbonyl (C=O) groups excluding carboxylic acids is 1. The number of aliphatic imine (C=N–C) groups is 1. The monoisotopic (exact) mass is 544 g/mol. The third kappa shape index (κ3) is 4.02. The van der Waals surface area contributed by atoms with Crippen molar-refractivity contribution >= 4 is 29.1 Å². The number of nitrogens with one attached hydrogen (secondary N) is 1. The number of thiazole rings is 1. The second-order valence-electron chi connectivity index (χ2n) is 10.3. The van der Waals surface area contributed by atoms with Crippen LogP contribution in [0.5, 0.6) is 0 Å². The molecule has 1 aromatic carbocycles. The number of hydrogen-bond donors (Lipinski definition) is 2. The van der Waals surface area contributed by atoms with E-state index in [2.05, 4.69) is 15.2 Å². The van der Waals surface area contributed by atoms with Gasteiger partial charge in [0.2, 0.25) is 0 Å². The number of rotatable bonds is 7. The van der Waals surface area contributed by atoms with E-state index >= 15 is 0 Å². The molecule has 1 aliphatic carbocycles. The summed E-state index contributed by atoms with van der Waals surface area (Å²) >= 11 is 1.36. The van der Waals surface area contributed by atoms with E-state index in [9.17, 15) is 23.5 Å². The molecule has 2 N–H and O–H groups in total. The van der Waals surface area contributed by atoms with Crippen molar-refractivity contribution in [3.63, 3.8) is 0 Å². The fourth-order valence-corrected chi connectivity index (χ4v) is 7.31. The van der Waals surface area contributed by atoms with Crippen molar-refractivity contribution in [3.8, 4) is 0 Å². The zero-order valence-electron chi connectivity index (χ0n) is 20.5. The molecule has 38 heavy (non-hydrogen) atoms. The van der Waals surface area contributed by atoms with E-state index in [1.165, 1.54) is 24.5 Å². The summed E-state index contributed by atoms with van der Waals surface area (Å²) in [5, 5.41) is 15.0. The number of halogens is 2. The Balaban J connectivity index is 1.39. The maximum atomic E-state index is 14.3. The van der Waals surface area contributed by atoms with Gasteiger partial charge < -0.3 is 19.9 Å². The van der Waals surface area contributed by atoms with Crippen molar-refractivity contribution in [2.75, 3.05) is 26.9 Å². The lowest BCUT2D eigenvalue weighted by molar-refractivity contribution is -0.138. The quantitative estimate of drug-likeness (QED) is 0.512. The SMILES string of the molecule is COC(=O)C1=C(CN2C3COCC34CC(CC(=O)O)CC24)NC(c2nccs2)=NC1c1ccc(F)c(F)c1. The number of aliphatic carboxylic acids is 1. The Hall–Kier alpha value is -3.22. The predicted molar refractivity (Wildman–Crippen MR) is 132 cm³/mol. The van der Waals surface area contributed by atoms with Crippen LogP contribution >= 0.6 is 11.3 Å². The van der Waals surface area contributed by atoms with Crippen molar-refractivity contribution in [2.45, 2.75) is 37.4 Å². The molecule has 3 fully saturated rings. The molecule has 1 aromatic heterocycles. The molecule has 1 spiro atoms. The lowest BCUT2D eigenvalue weighted by atomic mass is 9.68. The highest BCUT2D eigenvalue weighted by molar-refractivity contribution is 7.11. The average molecular weight is 545 g/mol. The molecule has 200 valence electrons. The van der Waals surface area contributed by atoms with Gasteiger partial charge >= 0.3 is 11.9 Å². The molecule has 4 aliphatic rings. The predicted octanol–water partition coefficient (Wildman–Crippen LogP) is 2.89. The topological polar surface area (TPSA) is 113 Å². The summed E-state index contributed by atoms with van der Waals surface area (Å²) < 4.78 is 39.0. The molecule has 3 aliphatic heterocycles. The molecule has 0 amide bonds. The smallest absolute Gasteiger partial charge is 0.338 e. The summed E-state index contributed by atoms with van der Waals surface area (Å²) in [7, 11) is 1.27. The normalized spacial score (nSPS) is 30.2. The molecule has 0 bridgehead atoms. The van der Waals surface area contributed by atoms with E-state index in [1.54, 1.807) is 11.6 Å². The largest absolute Gasteiger partial charge is 0.481 e. The van der Waals surface area contributed by atoms with E-state index in [0.29, 0.717) is 41.9 Å². The number of methoxy groups -OCH3 is 1. The summed E-state index contributed by atoms with van der Waals surface area (Å²) in [4.78, 5) is 35.8. The zero-order chi connectivity index (χ0) is 26.6. The number of carbonyl (C=O) groups is 2. The van der Waals surface area contributed by atoms with Gasteiger partial charge in [0.15, 0.2) is 22.5 Å². The van der Waals surface area contributed by atoms with Crippen LogP contribution in [-0.2, 0) is 19.1 Å². The molecular formula is C26H26F2N4O5S. The molecule has 6 rings (SSSR count). The summed E-state index contributed by atoms with van der Waals surface area (Å²) in [6, 6.07) is 2.72. The Morgan fingerprint density at radius 2 is 2.16 bits per heavy atom. The van der Waals surface area contributed by atoms with Crippen LogP contribution in [0.1, 0.15) is 35.9 Å². The maximum Gasteiger partial charge on any atom is 0.338 e. The molecule has 4 heterocycles. The minimum absolute atomic E-state index is 0.0578. The van der Waals surface area contributed by atoms with Crippen molar-refractivity contribution in [3.05, 3.63) is 63.3 Å². The third-order valence-corrected chi connectivity index (χ3v) is 9.01. The maximum absolute atomic E-state index is 14.3. The van der Waals surface area contributed by atoms with Crippen LogP contribution in [0, 0.1) is 23.0 Å². The second-order valence-corrected chi connectivity index (χ2v) is 11.2. The van der Waals surface area contributed by atoms with Crippen molar-refractivity contribution in [2.24, 2.45) is 16.3 Å². The van der Waals surface area contributed by atoms with Gasteiger partial charge in [-0.2, -0.15) is 0 Å². The molecule has 9 nitrogen and oxygen atoms in total. The first-order chi connectivity index (χ1) is 18.3. The van der Waals surface area contributed by atoms with Crippen LogP contribution in [0.2, 0.25) is 0 Å². The number of benzene rings is 1. The van der Waals surface area contributed by atoms with Gasteiger partial charge in [-0.25, -0.2) is 18.6 Å². The Morgan fingerprint density at radius 3 is 2.87 bits per heavy atom. The van der Waals surface area contributed by atoms with Gasteiger partial charge in [-0.15, -0.1) is 11.3 Å². The Bertz CT molecular complexity index is 1350. The van der Waals surface area contributed by atoms with E-state index in [-0.39, 0.29) is 35.4 Å². The summed E-state index contributed by atoms with van der Waals surface area (Å²) in [6.45, 7) is 1.45. The fourth-order valence-electron chi connectivity index (χ4n) is 6.72. The number of carboxylic acid groups (broad SMARTS) is 1. The van der Waals surface area contributed by atoms with Crippen LogP contribution in [0.25, 0.3) is 0 Å². The summed E-state index contributed by atoms with van der Waals surface area (Å²) in [6.07, 6.45) is 3.28. The first-order valence-corrected chi connectivity index (χ1v) is 13.2. The standard InChI is InChI=1S/C26H26F2N4O5S/c1-36-25(35)21-17(10-32-18-6-13(7-20(33)34)9-26(18)12-37-11-19(26)32)30-23(24-29-4-5-38-24)31-22(21)14-2-3-15(27)16(28)8-14/h2-5,8,13,18-19,22H,6-7,9-12H2,1H3,(H,30,31)(H,33,34). The molecule has 1 saturated carbocycles. The molecule has 5 unspecified atom stereocenters. The van der Waals surface area contributed by atoms with Crippen LogP contribution in [-0.4, -0.2) is 71.7 Å². The van der Waals surface area contributed by atoms with Gasteiger partial charge in [0.25, 0.3) is 0 Å². The molecular weight excluding hydrogens is 518 g/mol. The number of esters is 1. The van der Waals surface area contributed by atoms with Gasteiger partial charge in [0.05, 0.1) is 25.9 Å². The Kier molecular flexibility index (Phi) is 6.28. The highest BCUT2D eigenvalue weighted by Crippen LogP contribution is 2.60. The number of ether oxygens (including phenoxy) is 2. The summed E-state index contributed by atoms with van der Waals surface area (Å²) in [5.74, 6) is -2.99. The number of nitrogens with zero attached hydrogens (tertiary/aromatic N) is 3. The molecule has 0 radical (unpaired) electrons. The van der Waals surface area contributed by atoms with Crippen LogP contribution < -0.4 is 5.32 Å². The van der Waals surface area contributed by atoms with Gasteiger partial charge in [0.1, 0.15) is 6.04 Å². The van der Waals surface area contributed by atoms with E-state index in [1.807, 2.05) is 0 Å². The number of hydrogen-bond acceptors (Lipinski definition) is 9. The molecule has 2 aromatic rings. The van der Waals surface area contributed by atoms with Crippen LogP contribution in [0.15, 0.2) is 46.0 Å². The van der Waals surface area contributed by atoms with Gasteiger partial charge in [-0.05, 0) is 36.5 Å². The number of carboxylic acids is 1. The Labute approximate surface area is 221 Å². The lowest BCUT2D eigenvalue weighted by Gasteiger charge is -2.57. The van der Waals surface area contributed by atoms with E-state index in [0.717, 1.165) is 25.0 Å². The van der Waals surface area contributed by atoms with Gasteiger partial charge in [-0.3, -0.25) is 14.7 Å². The van der Waals surface area contributed by atoms with Gasteiger partial charge in [-0.1, -0.05) is 6.07 Å². The lowest BCUT2D eigenvalue weighted by Crippen LogP contribution is -2.69. The average Bonchev–Trinajstić information content (AvgIpc) is 3.62. The minimum Gasteiger partial charge on any atom is -0.481 e. The zero-order valence-corrected chi connectivity index (χ0v) is 21.3. The number of amidine groups is 1. The molecule has 12 heteroatoms. The third-order valence-electron chi connectivity index (χ3n) is 8.23. The minimum atomic E-state index is -1.04. The fraction of sp³-hybridized carbons (Fsp3) is 0.462. The van der Waals surface area contributed by atoms with Crippen molar-refractivity contribution in [1.82, 2.24) is 15.2 Å². The number of aromatic nitrogens is 1. The van der Waals surface area contributed by atoms with E-state index in [4.69, 9.17) is 14.5 Å².